The first-order valence-corrected chi connectivity index (χ1v) is 11.0. The first-order valence-electron chi connectivity index (χ1n) is 11.0. The number of nitrogens with one attached hydrogen (secondary N) is 1. The van der Waals surface area contributed by atoms with Crippen LogP contribution in [0.15, 0.2) is 30.0 Å². The van der Waals surface area contributed by atoms with Gasteiger partial charge in [-0.3, -0.25) is 4.79 Å². The van der Waals surface area contributed by atoms with E-state index in [1.54, 1.807) is 31.4 Å². The third-order valence-electron chi connectivity index (χ3n) is 6.16. The lowest BCUT2D eigenvalue weighted by molar-refractivity contribution is -0.913. The second kappa shape index (κ2) is 9.53. The summed E-state index contributed by atoms with van der Waals surface area (Å²) in [6.07, 6.45) is 6.40. The molecule has 1 saturated heterocycles. The number of allylic oxidation sites excluding steroid dienone is 1. The van der Waals surface area contributed by atoms with Crippen LogP contribution in [0.3, 0.4) is 0 Å². The standard InChI is InChI=1S/C25H29NO6/c1-29-20-11-8-16(23(30-2)25(20)31-3)14-21-22(28)17-9-10-19(27)18(24(17)32-21)15-26-12-6-4-5-7-13-26/h8-11,14,27H,4-7,12-13,15H2,1-3H3/b21-14-. The van der Waals surface area contributed by atoms with Crippen molar-refractivity contribution in [2.24, 2.45) is 0 Å². The van der Waals surface area contributed by atoms with E-state index in [0.717, 1.165) is 25.9 Å². The van der Waals surface area contributed by atoms with Crippen LogP contribution in [0, 0.1) is 0 Å². The molecule has 2 aromatic rings. The number of rotatable bonds is 6. The topological polar surface area (TPSA) is 81.5 Å². The Kier molecular flexibility index (Phi) is 6.55. The Hall–Kier alpha value is -3.19. The molecule has 2 aliphatic rings. The van der Waals surface area contributed by atoms with Crippen molar-refractivity contribution in [1.82, 2.24) is 0 Å². The number of fused-ring (bicyclic) bond motifs is 1. The number of Topliss-reactive ketones (excluding diaryl/α,β-unsaturated/α-hetero) is 1. The number of ether oxygens (including phenoxy) is 4. The lowest BCUT2D eigenvalue weighted by Crippen LogP contribution is -3.10. The zero-order valence-corrected chi connectivity index (χ0v) is 18.8. The van der Waals surface area contributed by atoms with Crippen molar-refractivity contribution < 1.29 is 33.7 Å². The number of carbonyl (C=O) groups excluding carboxylic acids is 1. The van der Waals surface area contributed by atoms with Gasteiger partial charge < -0.3 is 29.0 Å². The van der Waals surface area contributed by atoms with Gasteiger partial charge in [0.1, 0.15) is 12.3 Å². The summed E-state index contributed by atoms with van der Waals surface area (Å²) in [5, 5.41) is 12.7. The average Bonchev–Trinajstić information content (AvgIpc) is 2.96. The van der Waals surface area contributed by atoms with Gasteiger partial charge >= 0.3 is 0 Å². The van der Waals surface area contributed by atoms with Gasteiger partial charge in [-0.2, -0.15) is 0 Å². The van der Waals surface area contributed by atoms with E-state index in [4.69, 9.17) is 18.9 Å². The third-order valence-corrected chi connectivity index (χ3v) is 6.16. The zero-order valence-electron chi connectivity index (χ0n) is 18.8. The summed E-state index contributed by atoms with van der Waals surface area (Å²) in [6.45, 7) is 2.63. The average molecular weight is 440 g/mol. The first kappa shape index (κ1) is 22.0. The Morgan fingerprint density at radius 2 is 1.69 bits per heavy atom. The molecule has 4 rings (SSSR count). The Morgan fingerprint density at radius 3 is 2.34 bits per heavy atom. The van der Waals surface area contributed by atoms with Crippen LogP contribution in [0.1, 0.15) is 47.2 Å². The highest BCUT2D eigenvalue weighted by Gasteiger charge is 2.31. The lowest BCUT2D eigenvalue weighted by Gasteiger charge is -2.22. The van der Waals surface area contributed by atoms with E-state index in [1.807, 2.05) is 0 Å². The molecule has 0 spiro atoms. The van der Waals surface area contributed by atoms with E-state index >= 15 is 0 Å². The second-order valence-corrected chi connectivity index (χ2v) is 8.12. The number of ketones is 1. The van der Waals surface area contributed by atoms with Crippen LogP contribution in [0.5, 0.6) is 28.7 Å². The van der Waals surface area contributed by atoms with Crippen molar-refractivity contribution in [3.8, 4) is 28.7 Å². The van der Waals surface area contributed by atoms with Gasteiger partial charge in [0.15, 0.2) is 17.3 Å². The van der Waals surface area contributed by atoms with Gasteiger partial charge in [0.05, 0.1) is 40.0 Å². The molecule has 0 aliphatic carbocycles. The third kappa shape index (κ3) is 4.12. The van der Waals surface area contributed by atoms with Crippen LogP contribution in [0.2, 0.25) is 0 Å². The van der Waals surface area contributed by atoms with E-state index in [0.29, 0.717) is 46.2 Å². The first-order chi connectivity index (χ1) is 15.6. The summed E-state index contributed by atoms with van der Waals surface area (Å²) in [4.78, 5) is 14.5. The number of methoxy groups -OCH3 is 3. The SMILES string of the molecule is COc1ccc(/C=C2\Oc3c(ccc([O-])c3C[NH+]3CCCCCC3)C2=O)c(OC)c1OC. The van der Waals surface area contributed by atoms with Crippen molar-refractivity contribution in [2.45, 2.75) is 32.2 Å². The predicted octanol–water partition coefficient (Wildman–Crippen LogP) is 2.36. The number of hydrogen-bond donors (Lipinski definition) is 1. The van der Waals surface area contributed by atoms with Crippen molar-refractivity contribution in [2.75, 3.05) is 34.4 Å². The predicted molar refractivity (Wildman–Crippen MR) is 118 cm³/mol. The summed E-state index contributed by atoms with van der Waals surface area (Å²) in [7, 11) is 4.60. The Balaban J connectivity index is 1.68. The fraction of sp³-hybridized carbons (Fsp3) is 0.400. The van der Waals surface area contributed by atoms with E-state index in [-0.39, 0.29) is 17.3 Å². The molecule has 1 fully saturated rings. The number of likely N-dealkylation sites (tertiary alicyclic amines) is 1. The smallest absolute Gasteiger partial charge is 0.231 e. The molecule has 0 amide bonds. The largest absolute Gasteiger partial charge is 0.872 e. The number of quaternary nitrogens is 1. The molecule has 0 atom stereocenters. The summed E-state index contributed by atoms with van der Waals surface area (Å²) in [5.41, 5.74) is 1.62. The lowest BCUT2D eigenvalue weighted by atomic mass is 10.0. The maximum absolute atomic E-state index is 13.1. The molecule has 1 N–H and O–H groups in total. The highest BCUT2D eigenvalue weighted by atomic mass is 16.5. The molecule has 7 nitrogen and oxygen atoms in total. The van der Waals surface area contributed by atoms with Crippen LogP contribution in [-0.2, 0) is 6.54 Å². The zero-order chi connectivity index (χ0) is 22.7. The van der Waals surface area contributed by atoms with Crippen molar-refractivity contribution in [1.29, 1.82) is 0 Å². The summed E-state index contributed by atoms with van der Waals surface area (Å²) >= 11 is 0. The molecule has 0 unspecified atom stereocenters. The highest BCUT2D eigenvalue weighted by Crippen LogP contribution is 2.43. The summed E-state index contributed by atoms with van der Waals surface area (Å²) < 4.78 is 22.3. The number of carbonyl (C=O) groups is 1. The molecule has 170 valence electrons. The van der Waals surface area contributed by atoms with Gasteiger partial charge in [0.2, 0.25) is 11.5 Å². The minimum Gasteiger partial charge on any atom is -0.872 e. The van der Waals surface area contributed by atoms with Gasteiger partial charge in [-0.25, -0.2) is 0 Å². The number of hydrogen-bond acceptors (Lipinski definition) is 6. The molecule has 32 heavy (non-hydrogen) atoms. The van der Waals surface area contributed by atoms with E-state index < -0.39 is 0 Å². The molecule has 0 aromatic heterocycles. The van der Waals surface area contributed by atoms with Crippen molar-refractivity contribution in [3.63, 3.8) is 0 Å². The van der Waals surface area contributed by atoms with Gasteiger partial charge in [-0.15, -0.1) is 0 Å². The van der Waals surface area contributed by atoms with E-state index in [2.05, 4.69) is 0 Å². The Labute approximate surface area is 188 Å². The molecule has 2 heterocycles. The molecule has 0 saturated carbocycles. The minimum atomic E-state index is -0.246. The molecule has 2 aliphatic heterocycles. The van der Waals surface area contributed by atoms with Gasteiger partial charge in [-0.1, -0.05) is 11.8 Å². The van der Waals surface area contributed by atoms with Crippen LogP contribution in [0.25, 0.3) is 6.08 Å². The summed E-state index contributed by atoms with van der Waals surface area (Å²) in [6, 6.07) is 6.55. The van der Waals surface area contributed by atoms with Crippen LogP contribution < -0.4 is 29.0 Å². The fourth-order valence-corrected chi connectivity index (χ4v) is 4.49. The van der Waals surface area contributed by atoms with Gasteiger partial charge in [0.25, 0.3) is 0 Å². The van der Waals surface area contributed by atoms with Gasteiger partial charge in [-0.05, 0) is 50.0 Å². The van der Waals surface area contributed by atoms with E-state index in [9.17, 15) is 9.90 Å². The molecular weight excluding hydrogens is 410 g/mol. The molecule has 0 radical (unpaired) electrons. The fourth-order valence-electron chi connectivity index (χ4n) is 4.49. The minimum absolute atomic E-state index is 0.0850. The quantitative estimate of drug-likeness (QED) is 0.696. The van der Waals surface area contributed by atoms with E-state index in [1.165, 1.54) is 38.0 Å². The maximum atomic E-state index is 13.1. The second-order valence-electron chi connectivity index (χ2n) is 8.12. The monoisotopic (exact) mass is 439 g/mol. The normalized spacial score (nSPS) is 17.6. The highest BCUT2D eigenvalue weighted by molar-refractivity contribution is 6.15. The summed E-state index contributed by atoms with van der Waals surface area (Å²) in [5.74, 6) is 1.60. The Morgan fingerprint density at radius 1 is 0.969 bits per heavy atom. The van der Waals surface area contributed by atoms with Crippen LogP contribution in [-0.4, -0.2) is 40.2 Å². The van der Waals surface area contributed by atoms with Crippen LogP contribution in [0.4, 0.5) is 0 Å². The molecule has 7 heteroatoms. The maximum Gasteiger partial charge on any atom is 0.231 e. The Bertz CT molecular complexity index is 1040. The molecule has 0 bridgehead atoms. The van der Waals surface area contributed by atoms with Gasteiger partial charge in [0, 0.05) is 11.1 Å². The van der Waals surface area contributed by atoms with Crippen molar-refractivity contribution >= 4 is 11.9 Å². The number of benzene rings is 2. The molecular formula is C25H29NO6. The van der Waals surface area contributed by atoms with Crippen molar-refractivity contribution in [3.05, 3.63) is 46.7 Å². The van der Waals surface area contributed by atoms with Crippen LogP contribution >= 0.6 is 0 Å². The molecule has 2 aromatic carbocycles.